The molecule has 1 unspecified atom stereocenters. The van der Waals surface area contributed by atoms with Crippen LogP contribution < -0.4 is 10.5 Å². The molecular formula is C20H32NO2. The molecule has 0 aliphatic heterocycles. The van der Waals surface area contributed by atoms with Gasteiger partial charge in [0.25, 0.3) is 5.91 Å². The highest BCUT2D eigenvalue weighted by Crippen LogP contribution is 2.39. The fourth-order valence-corrected chi connectivity index (χ4v) is 2.61. The number of hydrogen-bond donors (Lipinski definition) is 0. The average Bonchev–Trinajstić information content (AvgIpc) is 2.51. The van der Waals surface area contributed by atoms with Crippen molar-refractivity contribution in [3.8, 4) is 5.75 Å². The van der Waals surface area contributed by atoms with Crippen molar-refractivity contribution in [3.05, 3.63) is 29.3 Å². The van der Waals surface area contributed by atoms with E-state index in [2.05, 4.69) is 53.7 Å². The van der Waals surface area contributed by atoms with Gasteiger partial charge in [0.05, 0.1) is 0 Å². The Bertz CT molecular complexity index is 547. The molecule has 3 heteroatoms. The van der Waals surface area contributed by atoms with Crippen molar-refractivity contribution in [2.45, 2.75) is 84.7 Å². The molecule has 0 saturated heterocycles. The topological polar surface area (TPSA) is 50.1 Å². The molecule has 1 amide bonds. The predicted octanol–water partition coefficient (Wildman–Crippen LogP) is 5.03. The number of benzene rings is 1. The van der Waals surface area contributed by atoms with Crippen molar-refractivity contribution < 1.29 is 9.53 Å². The van der Waals surface area contributed by atoms with Crippen LogP contribution in [0.4, 0.5) is 0 Å². The van der Waals surface area contributed by atoms with E-state index in [4.69, 9.17) is 10.5 Å². The highest BCUT2D eigenvalue weighted by atomic mass is 16.5. The molecule has 0 heterocycles. The van der Waals surface area contributed by atoms with Crippen LogP contribution in [0.25, 0.3) is 0 Å². The third-order valence-electron chi connectivity index (χ3n) is 5.16. The minimum atomic E-state index is -0.683. The molecule has 129 valence electrons. The highest BCUT2D eigenvalue weighted by Gasteiger charge is 2.29. The van der Waals surface area contributed by atoms with Crippen molar-refractivity contribution in [3.63, 3.8) is 0 Å². The Balaban J connectivity index is 3.36. The number of amides is 1. The van der Waals surface area contributed by atoms with E-state index in [9.17, 15) is 4.79 Å². The van der Waals surface area contributed by atoms with Gasteiger partial charge in [-0.05, 0) is 53.4 Å². The van der Waals surface area contributed by atoms with Gasteiger partial charge in [-0.15, -0.1) is 0 Å². The Morgan fingerprint density at radius 3 is 2.00 bits per heavy atom. The van der Waals surface area contributed by atoms with Gasteiger partial charge in [-0.3, -0.25) is 10.5 Å². The molecule has 1 atom stereocenters. The van der Waals surface area contributed by atoms with Crippen molar-refractivity contribution in [2.24, 2.45) is 0 Å². The van der Waals surface area contributed by atoms with Gasteiger partial charge in [0, 0.05) is 0 Å². The summed E-state index contributed by atoms with van der Waals surface area (Å²) in [7, 11) is 0. The van der Waals surface area contributed by atoms with Crippen molar-refractivity contribution >= 4 is 5.91 Å². The zero-order valence-electron chi connectivity index (χ0n) is 15.7. The summed E-state index contributed by atoms with van der Waals surface area (Å²) in [5, 5.41) is 0. The van der Waals surface area contributed by atoms with Crippen LogP contribution in [-0.4, -0.2) is 12.0 Å². The summed E-state index contributed by atoms with van der Waals surface area (Å²) in [5.74, 6) is 0.0198. The summed E-state index contributed by atoms with van der Waals surface area (Å²) in [4.78, 5) is 11.3. The summed E-state index contributed by atoms with van der Waals surface area (Å²) >= 11 is 0. The first-order valence-corrected chi connectivity index (χ1v) is 8.66. The van der Waals surface area contributed by atoms with Crippen molar-refractivity contribution in [2.75, 3.05) is 0 Å². The molecule has 1 rings (SSSR count). The zero-order valence-corrected chi connectivity index (χ0v) is 15.7. The van der Waals surface area contributed by atoms with Crippen LogP contribution in [-0.2, 0) is 15.6 Å². The molecule has 0 aliphatic rings. The molecule has 0 bridgehead atoms. The second kappa shape index (κ2) is 7.37. The molecular weight excluding hydrogens is 286 g/mol. The largest absolute Gasteiger partial charge is 0.481 e. The van der Waals surface area contributed by atoms with E-state index in [1.807, 2.05) is 13.0 Å². The number of ether oxygens (including phenoxy) is 1. The van der Waals surface area contributed by atoms with Crippen LogP contribution in [0.1, 0.15) is 78.9 Å². The van der Waals surface area contributed by atoms with Crippen LogP contribution in [0.2, 0.25) is 0 Å². The summed E-state index contributed by atoms with van der Waals surface area (Å²) in [6, 6.07) is 6.14. The molecule has 1 N–H and O–H groups in total. The van der Waals surface area contributed by atoms with E-state index in [0.29, 0.717) is 12.2 Å². The summed E-state index contributed by atoms with van der Waals surface area (Å²) in [5.41, 5.74) is 10.0. The summed E-state index contributed by atoms with van der Waals surface area (Å²) in [6.07, 6.45) is 1.91. The molecule has 0 aliphatic carbocycles. The van der Waals surface area contributed by atoms with Crippen LogP contribution in [0.3, 0.4) is 0 Å². The third kappa shape index (κ3) is 4.49. The lowest BCUT2D eigenvalue weighted by Crippen LogP contribution is -2.28. The minimum Gasteiger partial charge on any atom is -0.481 e. The molecule has 0 saturated carbocycles. The standard InChI is InChI=1S/C20H32NO2/c1-8-17(18(21)22)23-14-11-12-15(19(4,5)9-2)16(13-14)20(6,7)10-3/h11-13,17,21H,8-10H2,1-7H3. The number of carbonyl (C=O) groups is 1. The maximum Gasteiger partial charge on any atom is 0.279 e. The second-order valence-electron chi connectivity index (χ2n) is 7.56. The van der Waals surface area contributed by atoms with Crippen LogP contribution in [0, 0.1) is 0 Å². The summed E-state index contributed by atoms with van der Waals surface area (Å²) in [6.45, 7) is 15.3. The van der Waals surface area contributed by atoms with E-state index >= 15 is 0 Å². The highest BCUT2D eigenvalue weighted by molar-refractivity contribution is 5.78. The van der Waals surface area contributed by atoms with Gasteiger partial charge in [-0.2, -0.15) is 0 Å². The van der Waals surface area contributed by atoms with E-state index < -0.39 is 12.0 Å². The van der Waals surface area contributed by atoms with E-state index in [1.165, 1.54) is 11.1 Å². The van der Waals surface area contributed by atoms with Crippen molar-refractivity contribution in [1.29, 1.82) is 0 Å². The van der Waals surface area contributed by atoms with Crippen LogP contribution in [0.5, 0.6) is 5.75 Å². The third-order valence-corrected chi connectivity index (χ3v) is 5.16. The van der Waals surface area contributed by atoms with Gasteiger partial charge in [0.1, 0.15) is 5.75 Å². The van der Waals surface area contributed by atoms with E-state index in [-0.39, 0.29) is 10.8 Å². The normalized spacial score (nSPS) is 13.7. The number of carbonyl (C=O) groups excluding carboxylic acids is 1. The molecule has 23 heavy (non-hydrogen) atoms. The molecule has 1 aromatic rings. The first-order valence-electron chi connectivity index (χ1n) is 8.66. The van der Waals surface area contributed by atoms with E-state index in [0.717, 1.165) is 12.8 Å². The molecule has 1 radical (unpaired) electrons. The Kier molecular flexibility index (Phi) is 6.26. The lowest BCUT2D eigenvalue weighted by molar-refractivity contribution is -0.125. The van der Waals surface area contributed by atoms with Gasteiger partial charge in [0.2, 0.25) is 0 Å². The fourth-order valence-electron chi connectivity index (χ4n) is 2.61. The number of rotatable bonds is 8. The van der Waals surface area contributed by atoms with Gasteiger partial charge in [-0.1, -0.05) is 54.5 Å². The molecule has 3 nitrogen and oxygen atoms in total. The SMILES string of the molecule is CCC(Oc1ccc(C(C)(C)CC)c(C(C)(C)CC)c1)C([NH])=O. The molecule has 1 aromatic carbocycles. The quantitative estimate of drug-likeness (QED) is 0.675. The monoisotopic (exact) mass is 318 g/mol. The predicted molar refractivity (Wildman–Crippen MR) is 95.9 cm³/mol. The maximum absolute atomic E-state index is 11.3. The molecule has 0 spiro atoms. The van der Waals surface area contributed by atoms with Gasteiger partial charge in [0.15, 0.2) is 6.10 Å². The lowest BCUT2D eigenvalue weighted by Gasteiger charge is -2.34. The zero-order chi connectivity index (χ0) is 17.8. The van der Waals surface area contributed by atoms with Gasteiger partial charge in [-0.25, -0.2) is 0 Å². The Morgan fingerprint density at radius 2 is 1.57 bits per heavy atom. The Hall–Kier alpha value is -1.51. The first kappa shape index (κ1) is 19.5. The van der Waals surface area contributed by atoms with E-state index in [1.54, 1.807) is 0 Å². The maximum atomic E-state index is 11.3. The summed E-state index contributed by atoms with van der Waals surface area (Å²) < 4.78 is 5.77. The van der Waals surface area contributed by atoms with Gasteiger partial charge < -0.3 is 4.74 Å². The minimum absolute atomic E-state index is 0.0355. The van der Waals surface area contributed by atoms with Crippen LogP contribution in [0.15, 0.2) is 18.2 Å². The lowest BCUT2D eigenvalue weighted by atomic mass is 9.71. The fraction of sp³-hybridized carbons (Fsp3) is 0.650. The Morgan fingerprint density at radius 1 is 1.04 bits per heavy atom. The van der Waals surface area contributed by atoms with Gasteiger partial charge >= 0.3 is 0 Å². The van der Waals surface area contributed by atoms with Crippen molar-refractivity contribution in [1.82, 2.24) is 5.73 Å². The number of nitrogens with one attached hydrogen (secondary N) is 1. The smallest absolute Gasteiger partial charge is 0.279 e. The molecule has 0 fully saturated rings. The molecule has 0 aromatic heterocycles. The Labute approximate surface area is 141 Å². The first-order chi connectivity index (χ1) is 10.6. The number of hydrogen-bond acceptors (Lipinski definition) is 2. The average molecular weight is 318 g/mol. The van der Waals surface area contributed by atoms with Crippen LogP contribution >= 0.6 is 0 Å². The second-order valence-corrected chi connectivity index (χ2v) is 7.56.